The number of urea groups is 1. The van der Waals surface area contributed by atoms with Crippen LogP contribution in [0.1, 0.15) is 30.9 Å². The smallest absolute Gasteiger partial charge is 0.314 e. The molecule has 0 radical (unpaired) electrons. The molecule has 5 N–H and O–H groups in total. The average molecular weight is 556 g/mol. The number of aromatic nitrogens is 3. The number of carbonyl (C=O) groups is 1. The third-order valence-electron chi connectivity index (χ3n) is 7.94. The summed E-state index contributed by atoms with van der Waals surface area (Å²) in [4.78, 5) is 21.2. The number of rotatable bonds is 10. The van der Waals surface area contributed by atoms with Gasteiger partial charge in [0.1, 0.15) is 30.1 Å². The van der Waals surface area contributed by atoms with Crippen molar-refractivity contribution in [1.29, 1.82) is 0 Å². The Morgan fingerprint density at radius 3 is 2.83 bits per heavy atom. The Labute approximate surface area is 239 Å². The molecule has 6 rings (SSSR count). The maximum Gasteiger partial charge on any atom is 0.314 e. The molecule has 2 aromatic carbocycles. The van der Waals surface area contributed by atoms with E-state index in [1.807, 2.05) is 36.4 Å². The number of nitrogens with two attached hydrogens (primary N) is 1. The summed E-state index contributed by atoms with van der Waals surface area (Å²) >= 11 is 0. The van der Waals surface area contributed by atoms with E-state index in [0.717, 1.165) is 72.4 Å². The molecule has 1 aliphatic heterocycles. The van der Waals surface area contributed by atoms with Crippen LogP contribution >= 0.6 is 0 Å². The van der Waals surface area contributed by atoms with Gasteiger partial charge in [0, 0.05) is 44.0 Å². The van der Waals surface area contributed by atoms with E-state index in [1.54, 1.807) is 0 Å². The zero-order chi connectivity index (χ0) is 28.0. The fourth-order valence-electron chi connectivity index (χ4n) is 5.65. The van der Waals surface area contributed by atoms with Crippen molar-refractivity contribution in [3.63, 3.8) is 0 Å². The van der Waals surface area contributed by atoms with Crippen LogP contribution in [0.25, 0.3) is 22.2 Å². The summed E-state index contributed by atoms with van der Waals surface area (Å²) in [5, 5.41) is 10.1. The largest absolute Gasteiger partial charge is 0.489 e. The molecular weight excluding hydrogens is 518 g/mol. The summed E-state index contributed by atoms with van der Waals surface area (Å²) in [7, 11) is 0. The van der Waals surface area contributed by atoms with Crippen molar-refractivity contribution in [3.05, 3.63) is 72.7 Å². The van der Waals surface area contributed by atoms with Crippen molar-refractivity contribution in [2.24, 2.45) is 5.92 Å². The number of fused-ring (bicyclic) bond motifs is 1. The summed E-state index contributed by atoms with van der Waals surface area (Å²) in [6.07, 6.45) is 6.54. The molecule has 0 bridgehead atoms. The molecule has 2 aromatic heterocycles. The first-order valence-electron chi connectivity index (χ1n) is 14.4. The zero-order valence-electron chi connectivity index (χ0n) is 23.1. The normalized spacial score (nSPS) is 20.3. The first kappa shape index (κ1) is 27.0. The van der Waals surface area contributed by atoms with Gasteiger partial charge in [-0.05, 0) is 48.4 Å². The van der Waals surface area contributed by atoms with Crippen LogP contribution in [0.4, 0.5) is 10.6 Å². The van der Waals surface area contributed by atoms with Crippen molar-refractivity contribution in [2.45, 2.75) is 38.0 Å². The Morgan fingerprint density at radius 1 is 1.12 bits per heavy atom. The lowest BCUT2D eigenvalue weighted by Crippen LogP contribution is -2.44. The van der Waals surface area contributed by atoms with Crippen LogP contribution in [-0.2, 0) is 11.3 Å². The van der Waals surface area contributed by atoms with E-state index in [1.165, 1.54) is 6.33 Å². The van der Waals surface area contributed by atoms with E-state index in [9.17, 15) is 4.79 Å². The highest BCUT2D eigenvalue weighted by Crippen LogP contribution is 2.43. The van der Waals surface area contributed by atoms with E-state index in [0.29, 0.717) is 31.4 Å². The van der Waals surface area contributed by atoms with E-state index in [-0.39, 0.29) is 18.2 Å². The topological polar surface area (TPSA) is 128 Å². The SMILES string of the molecule is Nc1ncnc2c1c(-c1cccc(OCc3ccccc3)c1)cn2[C@H]1C[C@H](CNC(=O)NCCC2CNCCO2)C1. The monoisotopic (exact) mass is 555 g/mol. The maximum absolute atomic E-state index is 12.3. The Bertz CT molecular complexity index is 1460. The highest BCUT2D eigenvalue weighted by molar-refractivity contribution is 6.00. The lowest BCUT2D eigenvalue weighted by atomic mass is 9.80. The molecule has 1 unspecified atom stereocenters. The number of nitrogen functional groups attached to an aromatic ring is 1. The molecule has 2 amide bonds. The molecule has 1 saturated carbocycles. The molecule has 1 atom stereocenters. The molecule has 4 aromatic rings. The highest BCUT2D eigenvalue weighted by Gasteiger charge is 2.32. The van der Waals surface area contributed by atoms with Gasteiger partial charge in [-0.1, -0.05) is 42.5 Å². The molecule has 41 heavy (non-hydrogen) atoms. The van der Waals surface area contributed by atoms with Gasteiger partial charge in [-0.3, -0.25) is 0 Å². The predicted molar refractivity (Wildman–Crippen MR) is 159 cm³/mol. The van der Waals surface area contributed by atoms with Crippen LogP contribution in [0.5, 0.6) is 5.75 Å². The number of ether oxygens (including phenoxy) is 2. The zero-order valence-corrected chi connectivity index (χ0v) is 23.1. The lowest BCUT2D eigenvalue weighted by Gasteiger charge is -2.36. The number of carbonyl (C=O) groups excluding carboxylic acids is 1. The molecule has 2 aliphatic rings. The van der Waals surface area contributed by atoms with Crippen LogP contribution in [-0.4, -0.2) is 59.5 Å². The van der Waals surface area contributed by atoms with E-state index >= 15 is 0 Å². The van der Waals surface area contributed by atoms with Crippen LogP contribution < -0.4 is 26.4 Å². The number of amides is 2. The van der Waals surface area contributed by atoms with E-state index in [2.05, 4.69) is 54.9 Å². The molecule has 1 aliphatic carbocycles. The van der Waals surface area contributed by atoms with Crippen molar-refractivity contribution in [3.8, 4) is 16.9 Å². The Morgan fingerprint density at radius 2 is 2.00 bits per heavy atom. The summed E-state index contributed by atoms with van der Waals surface area (Å²) in [5.41, 5.74) is 10.3. The number of hydrogen-bond donors (Lipinski definition) is 4. The molecule has 10 nitrogen and oxygen atoms in total. The third kappa shape index (κ3) is 6.44. The van der Waals surface area contributed by atoms with Gasteiger partial charge in [0.2, 0.25) is 0 Å². The predicted octanol–water partition coefficient (Wildman–Crippen LogP) is 3.89. The Balaban J connectivity index is 1.07. The minimum absolute atomic E-state index is 0.124. The number of anilines is 1. The van der Waals surface area contributed by atoms with Gasteiger partial charge >= 0.3 is 6.03 Å². The quantitative estimate of drug-likeness (QED) is 0.234. The van der Waals surface area contributed by atoms with E-state index in [4.69, 9.17) is 15.2 Å². The van der Waals surface area contributed by atoms with Gasteiger partial charge in [-0.2, -0.15) is 0 Å². The van der Waals surface area contributed by atoms with Gasteiger partial charge in [-0.25, -0.2) is 14.8 Å². The van der Waals surface area contributed by atoms with Crippen LogP contribution in [0.3, 0.4) is 0 Å². The molecular formula is C31H37N7O3. The number of nitrogens with zero attached hydrogens (tertiary/aromatic N) is 3. The first-order valence-corrected chi connectivity index (χ1v) is 14.4. The lowest BCUT2D eigenvalue weighted by molar-refractivity contribution is 0.0243. The highest BCUT2D eigenvalue weighted by atomic mass is 16.5. The number of benzene rings is 2. The standard InChI is InChI=1S/C31H37N7O3/c32-29-28-27(23-7-4-8-25(15-23)41-19-21-5-2-1-3-6-21)18-38(30(28)37-20-36-29)24-13-22(14-24)16-35-31(39)34-10-9-26-17-33-11-12-40-26/h1-8,15,18,20,22,24,26,33H,9-14,16-17,19H2,(H2,32,36,37)(H2,34,35,39)/t22-,24-,26?. The van der Waals surface area contributed by atoms with E-state index < -0.39 is 0 Å². The Hall–Kier alpha value is -4.15. The molecule has 10 heteroatoms. The van der Waals surface area contributed by atoms with Gasteiger partial charge in [0.15, 0.2) is 0 Å². The molecule has 1 saturated heterocycles. The second kappa shape index (κ2) is 12.6. The number of morpholine rings is 1. The van der Waals surface area contributed by atoms with Gasteiger partial charge < -0.3 is 35.7 Å². The fraction of sp³-hybridized carbons (Fsp3) is 0.387. The Kier molecular flexibility index (Phi) is 8.29. The number of nitrogens with one attached hydrogen (secondary N) is 3. The summed E-state index contributed by atoms with van der Waals surface area (Å²) in [6.45, 7) is 4.21. The summed E-state index contributed by atoms with van der Waals surface area (Å²) in [5.74, 6) is 1.66. The average Bonchev–Trinajstić information content (AvgIpc) is 3.37. The minimum Gasteiger partial charge on any atom is -0.489 e. The number of hydrogen-bond acceptors (Lipinski definition) is 7. The molecule has 214 valence electrons. The maximum atomic E-state index is 12.3. The van der Waals surface area contributed by atoms with Crippen molar-refractivity contribution >= 4 is 22.9 Å². The van der Waals surface area contributed by atoms with Crippen LogP contribution in [0.15, 0.2) is 67.1 Å². The van der Waals surface area contributed by atoms with Crippen molar-refractivity contribution in [1.82, 2.24) is 30.5 Å². The fourth-order valence-corrected chi connectivity index (χ4v) is 5.65. The second-order valence-electron chi connectivity index (χ2n) is 10.8. The van der Waals surface area contributed by atoms with Gasteiger partial charge in [0.05, 0.1) is 18.1 Å². The van der Waals surface area contributed by atoms with Gasteiger partial charge in [-0.15, -0.1) is 0 Å². The van der Waals surface area contributed by atoms with Crippen LogP contribution in [0, 0.1) is 5.92 Å². The van der Waals surface area contributed by atoms with Crippen LogP contribution in [0.2, 0.25) is 0 Å². The summed E-state index contributed by atoms with van der Waals surface area (Å²) < 4.78 is 14.0. The van der Waals surface area contributed by atoms with Gasteiger partial charge in [0.25, 0.3) is 0 Å². The molecule has 2 fully saturated rings. The van der Waals surface area contributed by atoms with Crippen molar-refractivity contribution in [2.75, 3.05) is 38.5 Å². The third-order valence-corrected chi connectivity index (χ3v) is 7.94. The minimum atomic E-state index is -0.124. The first-order chi connectivity index (χ1) is 20.1. The van der Waals surface area contributed by atoms with Crippen molar-refractivity contribution < 1.29 is 14.3 Å². The second-order valence-corrected chi connectivity index (χ2v) is 10.8. The molecule has 3 heterocycles. The summed E-state index contributed by atoms with van der Waals surface area (Å²) in [6, 6.07) is 18.3. The molecule has 0 spiro atoms.